The van der Waals surface area contributed by atoms with E-state index in [1.165, 1.54) is 16.8 Å². The van der Waals surface area contributed by atoms with Gasteiger partial charge in [0.1, 0.15) is 18.2 Å². The van der Waals surface area contributed by atoms with Crippen LogP contribution in [0.25, 0.3) is 28.0 Å². The molecule has 0 bridgehead atoms. The lowest BCUT2D eigenvalue weighted by Gasteiger charge is -2.12. The minimum absolute atomic E-state index is 0.226. The van der Waals surface area contributed by atoms with Crippen LogP contribution in [0.15, 0.2) is 119 Å². The molecule has 0 saturated carbocycles. The van der Waals surface area contributed by atoms with Crippen LogP contribution in [-0.4, -0.2) is 20.4 Å². The fraction of sp³-hybridized carbons (Fsp3) is 0.0882. The van der Waals surface area contributed by atoms with E-state index < -0.39 is 0 Å². The summed E-state index contributed by atoms with van der Waals surface area (Å²) in [6, 6.07) is 33.0. The molecular weight excluding hydrogens is 515 g/mol. The number of aryl methyl sites for hydroxylation is 1. The second-order valence-electron chi connectivity index (χ2n) is 9.75. The number of hydrogen-bond donors (Lipinski definition) is 0. The third-order valence-corrected chi connectivity index (χ3v) is 6.98. The lowest BCUT2D eigenvalue weighted by atomic mass is 10.2. The zero-order valence-corrected chi connectivity index (χ0v) is 22.7. The number of benzene rings is 4. The fourth-order valence-corrected chi connectivity index (χ4v) is 4.88. The Morgan fingerprint density at radius 1 is 0.878 bits per heavy atom. The Bertz CT molecular complexity index is 1920. The predicted octanol–water partition coefficient (Wildman–Crippen LogP) is 7.07. The molecule has 202 valence electrons. The summed E-state index contributed by atoms with van der Waals surface area (Å²) in [4.78, 5) is 18.3. The molecule has 2 heterocycles. The molecule has 0 N–H and O–H groups in total. The van der Waals surface area contributed by atoms with Gasteiger partial charge in [0, 0.05) is 28.2 Å². The van der Waals surface area contributed by atoms with Crippen LogP contribution in [-0.2, 0) is 6.61 Å². The zero-order chi connectivity index (χ0) is 28.3. The highest BCUT2D eigenvalue weighted by atomic mass is 19.1. The van der Waals surface area contributed by atoms with Gasteiger partial charge in [-0.2, -0.15) is 9.78 Å². The van der Waals surface area contributed by atoms with Gasteiger partial charge in [-0.1, -0.05) is 54.6 Å². The predicted molar refractivity (Wildman–Crippen MR) is 160 cm³/mol. The highest BCUT2D eigenvalue weighted by Gasteiger charge is 2.14. The molecule has 0 amide bonds. The van der Waals surface area contributed by atoms with Gasteiger partial charge in [0.2, 0.25) is 0 Å². The van der Waals surface area contributed by atoms with Crippen molar-refractivity contribution in [1.82, 2.24) is 14.2 Å². The maximum absolute atomic E-state index is 13.5. The van der Waals surface area contributed by atoms with Crippen molar-refractivity contribution in [2.24, 2.45) is 5.10 Å². The highest BCUT2D eigenvalue weighted by molar-refractivity contribution is 5.83. The van der Waals surface area contributed by atoms with Gasteiger partial charge >= 0.3 is 0 Å². The van der Waals surface area contributed by atoms with Gasteiger partial charge in [-0.3, -0.25) is 4.79 Å². The van der Waals surface area contributed by atoms with Crippen LogP contribution in [0.5, 0.6) is 5.75 Å². The minimum atomic E-state index is -0.266. The Morgan fingerprint density at radius 2 is 1.59 bits per heavy atom. The van der Waals surface area contributed by atoms with E-state index in [0.29, 0.717) is 23.3 Å². The molecular formula is C34H27FN4O2. The van der Waals surface area contributed by atoms with Crippen LogP contribution < -0.4 is 10.3 Å². The van der Waals surface area contributed by atoms with Gasteiger partial charge in [-0.05, 0) is 74.0 Å². The second kappa shape index (κ2) is 11.1. The van der Waals surface area contributed by atoms with Crippen molar-refractivity contribution in [1.29, 1.82) is 0 Å². The Kier molecular flexibility index (Phi) is 7.00. The number of rotatable bonds is 7. The van der Waals surface area contributed by atoms with Gasteiger partial charge in [-0.15, -0.1) is 0 Å². The van der Waals surface area contributed by atoms with E-state index in [0.717, 1.165) is 39.5 Å². The van der Waals surface area contributed by atoms with Gasteiger partial charge in [0.05, 0.1) is 17.1 Å². The summed E-state index contributed by atoms with van der Waals surface area (Å²) in [6.45, 7) is 4.41. The summed E-state index contributed by atoms with van der Waals surface area (Å²) in [7, 11) is 0. The van der Waals surface area contributed by atoms with Crippen LogP contribution in [0, 0.1) is 19.7 Å². The average molecular weight is 543 g/mol. The summed E-state index contributed by atoms with van der Waals surface area (Å²) in [5, 5.41) is 5.15. The Balaban J connectivity index is 1.30. The lowest BCUT2D eigenvalue weighted by molar-refractivity contribution is 0.306. The van der Waals surface area contributed by atoms with Crippen molar-refractivity contribution in [3.05, 3.63) is 148 Å². The van der Waals surface area contributed by atoms with E-state index in [1.54, 1.807) is 24.4 Å². The maximum atomic E-state index is 13.5. The SMILES string of the molecule is Cc1cc(C=Nn2c(-c3ccccc3)nc3ccccc3c2=O)c(C)n1-c1ccc(OCc2ccc(F)cc2)cc1. The van der Waals surface area contributed by atoms with Crippen molar-refractivity contribution in [2.75, 3.05) is 0 Å². The molecule has 0 aliphatic carbocycles. The maximum Gasteiger partial charge on any atom is 0.282 e. The van der Waals surface area contributed by atoms with E-state index in [1.807, 2.05) is 92.7 Å². The van der Waals surface area contributed by atoms with E-state index in [4.69, 9.17) is 9.72 Å². The normalized spacial score (nSPS) is 11.4. The summed E-state index contributed by atoms with van der Waals surface area (Å²) < 4.78 is 22.5. The Labute approximate surface area is 236 Å². The van der Waals surface area contributed by atoms with Crippen molar-refractivity contribution in [3.8, 4) is 22.8 Å². The topological polar surface area (TPSA) is 61.4 Å². The van der Waals surface area contributed by atoms with E-state index in [9.17, 15) is 9.18 Å². The zero-order valence-electron chi connectivity index (χ0n) is 22.7. The summed E-state index contributed by atoms with van der Waals surface area (Å²) in [5.41, 5.74) is 5.97. The molecule has 0 saturated heterocycles. The molecule has 6 aromatic rings. The van der Waals surface area contributed by atoms with Crippen LogP contribution in [0.2, 0.25) is 0 Å². The molecule has 4 aromatic carbocycles. The minimum Gasteiger partial charge on any atom is -0.489 e. The molecule has 0 fully saturated rings. The number of hydrogen-bond acceptors (Lipinski definition) is 4. The number of halogens is 1. The van der Waals surface area contributed by atoms with Gasteiger partial charge < -0.3 is 9.30 Å². The summed E-state index contributed by atoms with van der Waals surface area (Å²) in [6.07, 6.45) is 1.71. The molecule has 2 aromatic heterocycles. The first-order chi connectivity index (χ1) is 20.0. The standard InChI is InChI=1S/C34H27FN4O2/c1-23-20-27(24(2)38(23)29-16-18-30(19-17-29)41-22-25-12-14-28(35)15-13-25)21-36-39-33(26-8-4-3-5-9-26)37-32-11-7-6-10-31(32)34(39)40/h3-21H,22H2,1-2H3. The van der Waals surface area contributed by atoms with E-state index in [-0.39, 0.29) is 11.4 Å². The number of aromatic nitrogens is 3. The van der Waals surface area contributed by atoms with Crippen molar-refractivity contribution in [2.45, 2.75) is 20.5 Å². The highest BCUT2D eigenvalue weighted by Crippen LogP contribution is 2.23. The molecule has 0 unspecified atom stereocenters. The molecule has 41 heavy (non-hydrogen) atoms. The monoisotopic (exact) mass is 542 g/mol. The molecule has 6 nitrogen and oxygen atoms in total. The number of ether oxygens (including phenoxy) is 1. The lowest BCUT2D eigenvalue weighted by Crippen LogP contribution is -2.20. The van der Waals surface area contributed by atoms with E-state index in [2.05, 4.69) is 9.67 Å². The number of fused-ring (bicyclic) bond motifs is 1. The molecule has 0 atom stereocenters. The number of nitrogens with zero attached hydrogens (tertiary/aromatic N) is 4. The van der Waals surface area contributed by atoms with Crippen LogP contribution in [0.4, 0.5) is 4.39 Å². The van der Waals surface area contributed by atoms with Crippen LogP contribution in [0.3, 0.4) is 0 Å². The fourth-order valence-electron chi connectivity index (χ4n) is 4.88. The molecule has 0 aliphatic heterocycles. The Hall–Kier alpha value is -5.30. The van der Waals surface area contributed by atoms with Crippen molar-refractivity contribution >= 4 is 17.1 Å². The second-order valence-corrected chi connectivity index (χ2v) is 9.75. The molecule has 0 radical (unpaired) electrons. The first-order valence-corrected chi connectivity index (χ1v) is 13.3. The molecule has 7 heteroatoms. The van der Waals surface area contributed by atoms with Crippen LogP contribution >= 0.6 is 0 Å². The van der Waals surface area contributed by atoms with Crippen molar-refractivity contribution < 1.29 is 9.13 Å². The largest absolute Gasteiger partial charge is 0.489 e. The third kappa shape index (κ3) is 5.30. The third-order valence-electron chi connectivity index (χ3n) is 6.98. The molecule has 0 spiro atoms. The van der Waals surface area contributed by atoms with Gasteiger partial charge in [-0.25, -0.2) is 9.37 Å². The number of para-hydroxylation sites is 1. The molecule has 0 aliphatic rings. The first-order valence-electron chi connectivity index (χ1n) is 13.3. The van der Waals surface area contributed by atoms with Gasteiger partial charge in [0.15, 0.2) is 5.82 Å². The average Bonchev–Trinajstić information content (AvgIpc) is 3.29. The van der Waals surface area contributed by atoms with Crippen molar-refractivity contribution in [3.63, 3.8) is 0 Å². The van der Waals surface area contributed by atoms with Crippen LogP contribution in [0.1, 0.15) is 22.5 Å². The summed E-state index contributed by atoms with van der Waals surface area (Å²) >= 11 is 0. The Morgan fingerprint density at radius 3 is 2.34 bits per heavy atom. The van der Waals surface area contributed by atoms with Gasteiger partial charge in [0.25, 0.3) is 5.56 Å². The quantitative estimate of drug-likeness (QED) is 0.203. The smallest absolute Gasteiger partial charge is 0.282 e. The first kappa shape index (κ1) is 26.0. The molecule has 6 rings (SSSR count). The summed E-state index contributed by atoms with van der Waals surface area (Å²) in [5.74, 6) is 0.937. The van der Waals surface area contributed by atoms with E-state index >= 15 is 0 Å².